The van der Waals surface area contributed by atoms with Crippen molar-refractivity contribution in [3.05, 3.63) is 30.3 Å². The molecule has 1 N–H and O–H groups in total. The quantitative estimate of drug-likeness (QED) is 0.660. The topological polar surface area (TPSA) is 21.3 Å². The lowest BCUT2D eigenvalue weighted by Crippen LogP contribution is -2.23. The second kappa shape index (κ2) is 9.06. The lowest BCUT2D eigenvalue weighted by Gasteiger charge is -2.08. The van der Waals surface area contributed by atoms with Crippen LogP contribution in [0.25, 0.3) is 0 Å². The van der Waals surface area contributed by atoms with E-state index in [1.807, 2.05) is 30.3 Å². The summed E-state index contributed by atoms with van der Waals surface area (Å²) in [5, 5.41) is 3.43. The molecule has 96 valence electrons. The monoisotopic (exact) mass is 235 g/mol. The Hall–Kier alpha value is -1.02. The predicted octanol–water partition coefficient (Wildman–Crippen LogP) is 3.62. The predicted molar refractivity (Wildman–Crippen MR) is 73.5 cm³/mol. The van der Waals surface area contributed by atoms with Crippen molar-refractivity contribution in [1.82, 2.24) is 5.32 Å². The van der Waals surface area contributed by atoms with Crippen molar-refractivity contribution in [2.75, 3.05) is 13.2 Å². The Morgan fingerprint density at radius 1 is 1.00 bits per heavy atom. The van der Waals surface area contributed by atoms with Crippen molar-refractivity contribution in [1.29, 1.82) is 0 Å². The van der Waals surface area contributed by atoms with Gasteiger partial charge in [-0.1, -0.05) is 44.9 Å². The van der Waals surface area contributed by atoms with Crippen LogP contribution in [0.4, 0.5) is 0 Å². The summed E-state index contributed by atoms with van der Waals surface area (Å²) in [6, 6.07) is 10.6. The molecule has 1 aromatic carbocycles. The van der Waals surface area contributed by atoms with E-state index < -0.39 is 0 Å². The minimum Gasteiger partial charge on any atom is -0.494 e. The van der Waals surface area contributed by atoms with Gasteiger partial charge in [0.1, 0.15) is 5.75 Å². The summed E-state index contributed by atoms with van der Waals surface area (Å²) in [4.78, 5) is 0. The lowest BCUT2D eigenvalue weighted by molar-refractivity contribution is 0.304. The van der Waals surface area contributed by atoms with Crippen LogP contribution in [0.5, 0.6) is 5.75 Å². The minimum absolute atomic E-state index is 0.608. The summed E-state index contributed by atoms with van der Waals surface area (Å²) in [7, 11) is 0. The third-order valence-corrected chi connectivity index (χ3v) is 2.64. The summed E-state index contributed by atoms with van der Waals surface area (Å²) < 4.78 is 5.64. The van der Waals surface area contributed by atoms with E-state index in [9.17, 15) is 0 Å². The molecule has 0 amide bonds. The van der Waals surface area contributed by atoms with Gasteiger partial charge in [0.25, 0.3) is 0 Å². The van der Waals surface area contributed by atoms with Crippen molar-refractivity contribution >= 4 is 0 Å². The Balaban J connectivity index is 1.88. The first-order valence-electron chi connectivity index (χ1n) is 6.70. The zero-order valence-corrected chi connectivity index (χ0v) is 11.1. The first kappa shape index (κ1) is 14.0. The van der Waals surface area contributed by atoms with Gasteiger partial charge in [-0.3, -0.25) is 0 Å². The van der Waals surface area contributed by atoms with Gasteiger partial charge in [-0.25, -0.2) is 0 Å². The fourth-order valence-electron chi connectivity index (χ4n) is 1.68. The molecule has 0 radical (unpaired) electrons. The molecule has 0 fully saturated rings. The Labute approximate surface area is 105 Å². The normalized spacial score (nSPS) is 10.8. The SMILES string of the molecule is CC(C)NCCCCCCOc1ccccc1. The van der Waals surface area contributed by atoms with Gasteiger partial charge in [-0.05, 0) is 31.5 Å². The first-order chi connectivity index (χ1) is 8.29. The molecule has 0 aromatic heterocycles. The molecule has 0 heterocycles. The van der Waals surface area contributed by atoms with Gasteiger partial charge in [0.05, 0.1) is 6.61 Å². The van der Waals surface area contributed by atoms with Crippen LogP contribution >= 0.6 is 0 Å². The number of benzene rings is 1. The maximum Gasteiger partial charge on any atom is 0.119 e. The molecule has 0 spiro atoms. The van der Waals surface area contributed by atoms with E-state index in [1.54, 1.807) is 0 Å². The number of hydrogen-bond donors (Lipinski definition) is 1. The van der Waals surface area contributed by atoms with Crippen LogP contribution in [0.3, 0.4) is 0 Å². The van der Waals surface area contributed by atoms with Crippen molar-refractivity contribution in [3.8, 4) is 5.75 Å². The van der Waals surface area contributed by atoms with Crippen molar-refractivity contribution in [3.63, 3.8) is 0 Å². The van der Waals surface area contributed by atoms with E-state index >= 15 is 0 Å². The smallest absolute Gasteiger partial charge is 0.119 e. The highest BCUT2D eigenvalue weighted by molar-refractivity contribution is 5.20. The lowest BCUT2D eigenvalue weighted by atomic mass is 10.2. The Morgan fingerprint density at radius 3 is 2.41 bits per heavy atom. The van der Waals surface area contributed by atoms with Crippen LogP contribution in [0, 0.1) is 0 Å². The molecule has 0 aliphatic rings. The van der Waals surface area contributed by atoms with Gasteiger partial charge in [-0.15, -0.1) is 0 Å². The summed E-state index contributed by atoms with van der Waals surface area (Å²) in [6.07, 6.45) is 4.96. The highest BCUT2D eigenvalue weighted by Gasteiger charge is 1.94. The molecule has 0 saturated heterocycles. The van der Waals surface area contributed by atoms with Crippen molar-refractivity contribution in [2.24, 2.45) is 0 Å². The maximum absolute atomic E-state index is 5.64. The second-order valence-electron chi connectivity index (χ2n) is 4.68. The average molecular weight is 235 g/mol. The zero-order chi connectivity index (χ0) is 12.3. The number of nitrogens with one attached hydrogen (secondary N) is 1. The third kappa shape index (κ3) is 7.81. The van der Waals surface area contributed by atoms with E-state index in [0.29, 0.717) is 6.04 Å². The standard InChI is InChI=1S/C15H25NO/c1-14(2)16-12-8-3-4-9-13-17-15-10-6-5-7-11-15/h5-7,10-11,14,16H,3-4,8-9,12-13H2,1-2H3. The van der Waals surface area contributed by atoms with Crippen LogP contribution in [0.2, 0.25) is 0 Å². The van der Waals surface area contributed by atoms with Gasteiger partial charge in [0.2, 0.25) is 0 Å². The molecule has 2 heteroatoms. The molecular formula is C15H25NO. The molecule has 2 nitrogen and oxygen atoms in total. The van der Waals surface area contributed by atoms with Crippen LogP contribution in [-0.2, 0) is 0 Å². The van der Waals surface area contributed by atoms with Crippen LogP contribution in [0.1, 0.15) is 39.5 Å². The molecular weight excluding hydrogens is 210 g/mol. The van der Waals surface area contributed by atoms with Gasteiger partial charge in [0, 0.05) is 6.04 Å². The average Bonchev–Trinajstić information content (AvgIpc) is 2.33. The van der Waals surface area contributed by atoms with E-state index in [1.165, 1.54) is 19.3 Å². The number of rotatable bonds is 9. The summed E-state index contributed by atoms with van der Waals surface area (Å²) in [6.45, 7) is 6.35. The molecule has 1 rings (SSSR count). The second-order valence-corrected chi connectivity index (χ2v) is 4.68. The molecule has 17 heavy (non-hydrogen) atoms. The van der Waals surface area contributed by atoms with E-state index in [2.05, 4.69) is 19.2 Å². The largest absolute Gasteiger partial charge is 0.494 e. The molecule has 0 bridgehead atoms. The van der Waals surface area contributed by atoms with Gasteiger partial charge < -0.3 is 10.1 Å². The number of para-hydroxylation sites is 1. The van der Waals surface area contributed by atoms with E-state index in [4.69, 9.17) is 4.74 Å². The van der Waals surface area contributed by atoms with Crippen molar-refractivity contribution in [2.45, 2.75) is 45.6 Å². The van der Waals surface area contributed by atoms with Crippen LogP contribution in [0.15, 0.2) is 30.3 Å². The molecule has 1 aromatic rings. The molecule has 0 aliphatic heterocycles. The van der Waals surface area contributed by atoms with Crippen LogP contribution < -0.4 is 10.1 Å². The van der Waals surface area contributed by atoms with Gasteiger partial charge in [-0.2, -0.15) is 0 Å². The van der Waals surface area contributed by atoms with Gasteiger partial charge >= 0.3 is 0 Å². The van der Waals surface area contributed by atoms with Crippen molar-refractivity contribution < 1.29 is 4.74 Å². The maximum atomic E-state index is 5.64. The number of unbranched alkanes of at least 4 members (excludes halogenated alkanes) is 3. The fraction of sp³-hybridized carbons (Fsp3) is 0.600. The minimum atomic E-state index is 0.608. The highest BCUT2D eigenvalue weighted by atomic mass is 16.5. The third-order valence-electron chi connectivity index (χ3n) is 2.64. The Kier molecular flexibility index (Phi) is 7.48. The van der Waals surface area contributed by atoms with E-state index in [0.717, 1.165) is 25.3 Å². The fourth-order valence-corrected chi connectivity index (χ4v) is 1.68. The molecule has 0 unspecified atom stereocenters. The molecule has 0 saturated carbocycles. The summed E-state index contributed by atoms with van der Waals surface area (Å²) in [5.41, 5.74) is 0. The Morgan fingerprint density at radius 2 is 1.71 bits per heavy atom. The van der Waals surface area contributed by atoms with E-state index in [-0.39, 0.29) is 0 Å². The number of ether oxygens (including phenoxy) is 1. The van der Waals surface area contributed by atoms with Gasteiger partial charge in [0.15, 0.2) is 0 Å². The summed E-state index contributed by atoms with van der Waals surface area (Å²) in [5.74, 6) is 0.981. The Bertz CT molecular complexity index is 272. The summed E-state index contributed by atoms with van der Waals surface area (Å²) >= 11 is 0. The zero-order valence-electron chi connectivity index (χ0n) is 11.1. The van der Waals surface area contributed by atoms with Crippen LogP contribution in [-0.4, -0.2) is 19.2 Å². The first-order valence-corrected chi connectivity index (χ1v) is 6.70. The molecule has 0 atom stereocenters. The highest BCUT2D eigenvalue weighted by Crippen LogP contribution is 2.09. The molecule has 0 aliphatic carbocycles. The number of hydrogen-bond acceptors (Lipinski definition) is 2.